The number of benzene rings is 1. The topological polar surface area (TPSA) is 58.6 Å². The fourth-order valence-corrected chi connectivity index (χ4v) is 4.99. The van der Waals surface area contributed by atoms with Crippen LogP contribution in [0.1, 0.15) is 35.7 Å². The number of rotatable bonds is 5. The number of ether oxygens (including phenoxy) is 1. The first-order chi connectivity index (χ1) is 13.6. The second kappa shape index (κ2) is 8.45. The van der Waals surface area contributed by atoms with E-state index in [2.05, 4.69) is 5.32 Å². The molecule has 6 heteroatoms. The van der Waals surface area contributed by atoms with Gasteiger partial charge in [0.2, 0.25) is 11.8 Å². The molecule has 0 radical (unpaired) electrons. The average Bonchev–Trinajstić information content (AvgIpc) is 3.35. The fraction of sp³-hybridized carbons (Fsp3) is 0.455. The molecule has 0 bridgehead atoms. The summed E-state index contributed by atoms with van der Waals surface area (Å²) >= 11 is 1.60. The monoisotopic (exact) mass is 398 g/mol. The van der Waals surface area contributed by atoms with E-state index in [0.29, 0.717) is 19.1 Å². The van der Waals surface area contributed by atoms with Gasteiger partial charge in [0.1, 0.15) is 0 Å². The molecule has 2 aliphatic rings. The van der Waals surface area contributed by atoms with Crippen molar-refractivity contribution in [3.05, 3.63) is 52.2 Å². The van der Waals surface area contributed by atoms with Gasteiger partial charge in [-0.1, -0.05) is 23.8 Å². The van der Waals surface area contributed by atoms with E-state index in [-0.39, 0.29) is 30.2 Å². The summed E-state index contributed by atoms with van der Waals surface area (Å²) in [6, 6.07) is 11.7. The zero-order chi connectivity index (χ0) is 19.5. The van der Waals surface area contributed by atoms with Gasteiger partial charge < -0.3 is 15.0 Å². The van der Waals surface area contributed by atoms with Gasteiger partial charge in [-0.05, 0) is 49.3 Å². The maximum absolute atomic E-state index is 13.0. The van der Waals surface area contributed by atoms with Gasteiger partial charge in [-0.15, -0.1) is 11.3 Å². The minimum absolute atomic E-state index is 0.00315. The highest BCUT2D eigenvalue weighted by Gasteiger charge is 2.45. The Kier molecular flexibility index (Phi) is 5.78. The molecule has 2 aromatic rings. The summed E-state index contributed by atoms with van der Waals surface area (Å²) in [6.07, 6.45) is 2.36. The van der Waals surface area contributed by atoms with Crippen LogP contribution in [0.5, 0.6) is 0 Å². The van der Waals surface area contributed by atoms with Gasteiger partial charge in [0.05, 0.1) is 18.6 Å². The molecule has 4 rings (SSSR count). The lowest BCUT2D eigenvalue weighted by atomic mass is 9.96. The van der Waals surface area contributed by atoms with E-state index in [1.165, 1.54) is 0 Å². The van der Waals surface area contributed by atoms with E-state index in [9.17, 15) is 9.59 Å². The van der Waals surface area contributed by atoms with Crippen molar-refractivity contribution in [2.75, 3.05) is 24.7 Å². The van der Waals surface area contributed by atoms with Crippen molar-refractivity contribution >= 4 is 28.8 Å². The summed E-state index contributed by atoms with van der Waals surface area (Å²) in [4.78, 5) is 28.8. The van der Waals surface area contributed by atoms with E-state index in [0.717, 1.165) is 35.6 Å². The van der Waals surface area contributed by atoms with Gasteiger partial charge in [0, 0.05) is 30.1 Å². The van der Waals surface area contributed by atoms with Gasteiger partial charge >= 0.3 is 0 Å². The summed E-state index contributed by atoms with van der Waals surface area (Å²) in [7, 11) is 0. The van der Waals surface area contributed by atoms with Crippen molar-refractivity contribution in [3.8, 4) is 0 Å². The van der Waals surface area contributed by atoms with Crippen LogP contribution in [-0.2, 0) is 14.3 Å². The predicted octanol–water partition coefficient (Wildman–Crippen LogP) is 3.69. The van der Waals surface area contributed by atoms with Crippen LogP contribution in [0, 0.1) is 18.8 Å². The Morgan fingerprint density at radius 1 is 1.29 bits per heavy atom. The quantitative estimate of drug-likeness (QED) is 0.836. The molecule has 2 aliphatic heterocycles. The van der Waals surface area contributed by atoms with Gasteiger partial charge in [-0.25, -0.2) is 0 Å². The molecule has 5 nitrogen and oxygen atoms in total. The van der Waals surface area contributed by atoms with E-state index in [1.807, 2.05) is 48.7 Å². The van der Waals surface area contributed by atoms with Crippen LogP contribution in [-0.4, -0.2) is 31.6 Å². The van der Waals surface area contributed by atoms with Crippen molar-refractivity contribution < 1.29 is 14.3 Å². The van der Waals surface area contributed by atoms with Crippen molar-refractivity contribution in [2.45, 2.75) is 32.2 Å². The highest BCUT2D eigenvalue weighted by molar-refractivity contribution is 7.10. The lowest BCUT2D eigenvalue weighted by molar-refractivity contribution is -0.127. The molecule has 148 valence electrons. The normalized spacial score (nSPS) is 25.1. The first kappa shape index (κ1) is 19.2. The van der Waals surface area contributed by atoms with Gasteiger partial charge in [0.15, 0.2) is 0 Å². The smallest absolute Gasteiger partial charge is 0.228 e. The molecule has 28 heavy (non-hydrogen) atoms. The first-order valence-electron chi connectivity index (χ1n) is 9.91. The maximum atomic E-state index is 13.0. The number of nitrogens with one attached hydrogen (secondary N) is 1. The number of anilines is 1. The summed E-state index contributed by atoms with van der Waals surface area (Å²) in [6.45, 7) is 4.16. The Morgan fingerprint density at radius 3 is 2.79 bits per heavy atom. The van der Waals surface area contributed by atoms with Gasteiger partial charge in [-0.2, -0.15) is 0 Å². The number of hydrogen-bond donors (Lipinski definition) is 1. The van der Waals surface area contributed by atoms with Crippen molar-refractivity contribution in [3.63, 3.8) is 0 Å². The Balaban J connectivity index is 1.55. The molecule has 0 aliphatic carbocycles. The van der Waals surface area contributed by atoms with Gasteiger partial charge in [0.25, 0.3) is 0 Å². The number of carbonyl (C=O) groups excluding carboxylic acids is 2. The average molecular weight is 399 g/mol. The number of thiophene rings is 1. The van der Waals surface area contributed by atoms with Crippen LogP contribution in [0.2, 0.25) is 0 Å². The summed E-state index contributed by atoms with van der Waals surface area (Å²) in [5, 5.41) is 5.09. The largest absolute Gasteiger partial charge is 0.381 e. The Bertz CT molecular complexity index is 813. The Morgan fingerprint density at radius 2 is 2.11 bits per heavy atom. The molecular formula is C22H26N2O3S. The summed E-state index contributed by atoms with van der Waals surface area (Å²) < 4.78 is 5.51. The van der Waals surface area contributed by atoms with Crippen molar-refractivity contribution in [1.29, 1.82) is 0 Å². The Hall–Kier alpha value is -2.18. The molecule has 3 atom stereocenters. The minimum atomic E-state index is -0.378. The minimum Gasteiger partial charge on any atom is -0.381 e. The SMILES string of the molecule is Cc1ccc(N2C(=O)C[C@H](C(=O)NC[C@@H]3CCCOC3)[C@@H]2c2cccs2)cc1. The van der Waals surface area contributed by atoms with Crippen LogP contribution in [0.15, 0.2) is 41.8 Å². The summed E-state index contributed by atoms with van der Waals surface area (Å²) in [5.74, 6) is -0.0458. The molecule has 1 aromatic carbocycles. The molecule has 1 N–H and O–H groups in total. The molecule has 0 saturated carbocycles. The molecular weight excluding hydrogens is 372 g/mol. The molecule has 2 amide bonds. The maximum Gasteiger partial charge on any atom is 0.228 e. The Labute approximate surface area is 169 Å². The lowest BCUT2D eigenvalue weighted by Crippen LogP contribution is -2.39. The third-order valence-electron chi connectivity index (χ3n) is 5.63. The molecule has 2 fully saturated rings. The predicted molar refractivity (Wildman–Crippen MR) is 110 cm³/mol. The number of carbonyl (C=O) groups is 2. The van der Waals surface area contributed by atoms with Crippen LogP contribution >= 0.6 is 11.3 Å². The summed E-state index contributed by atoms with van der Waals surface area (Å²) in [5.41, 5.74) is 2.00. The van der Waals surface area contributed by atoms with Crippen LogP contribution in [0.25, 0.3) is 0 Å². The lowest BCUT2D eigenvalue weighted by Gasteiger charge is -2.28. The molecule has 0 spiro atoms. The molecule has 1 aromatic heterocycles. The van der Waals surface area contributed by atoms with Crippen molar-refractivity contribution in [2.24, 2.45) is 11.8 Å². The highest BCUT2D eigenvalue weighted by Crippen LogP contribution is 2.43. The molecule has 0 unspecified atom stereocenters. The molecule has 3 heterocycles. The van der Waals surface area contributed by atoms with E-state index in [4.69, 9.17) is 4.74 Å². The fourth-order valence-electron chi connectivity index (χ4n) is 4.11. The first-order valence-corrected chi connectivity index (χ1v) is 10.8. The van der Waals surface area contributed by atoms with Crippen molar-refractivity contribution in [1.82, 2.24) is 5.32 Å². The zero-order valence-electron chi connectivity index (χ0n) is 16.1. The third-order valence-corrected chi connectivity index (χ3v) is 6.57. The zero-order valence-corrected chi connectivity index (χ0v) is 16.9. The third kappa shape index (κ3) is 3.98. The van der Waals surface area contributed by atoms with E-state index < -0.39 is 0 Å². The van der Waals surface area contributed by atoms with E-state index >= 15 is 0 Å². The second-order valence-electron chi connectivity index (χ2n) is 7.70. The molecule has 2 saturated heterocycles. The standard InChI is InChI=1S/C22H26N2O3S/c1-15-6-8-17(9-7-15)24-20(25)12-18(21(24)19-5-3-11-28-19)22(26)23-13-16-4-2-10-27-14-16/h3,5-9,11,16,18,21H,2,4,10,12-14H2,1H3,(H,23,26)/t16-,18-,21+/m0/s1. The van der Waals surface area contributed by atoms with Gasteiger partial charge in [-0.3, -0.25) is 9.59 Å². The number of nitrogens with zero attached hydrogens (tertiary/aromatic N) is 1. The van der Waals surface area contributed by atoms with E-state index in [1.54, 1.807) is 16.2 Å². The van der Waals surface area contributed by atoms with Crippen LogP contribution in [0.3, 0.4) is 0 Å². The van der Waals surface area contributed by atoms with Crippen LogP contribution in [0.4, 0.5) is 5.69 Å². The second-order valence-corrected chi connectivity index (χ2v) is 8.68. The highest BCUT2D eigenvalue weighted by atomic mass is 32.1. The number of amides is 2. The number of aryl methyl sites for hydroxylation is 1. The van der Waals surface area contributed by atoms with Crippen LogP contribution < -0.4 is 10.2 Å². The number of hydrogen-bond acceptors (Lipinski definition) is 4.